The summed E-state index contributed by atoms with van der Waals surface area (Å²) in [6.45, 7) is 1.99. The van der Waals surface area contributed by atoms with Gasteiger partial charge in [0.25, 0.3) is 0 Å². The fourth-order valence-corrected chi connectivity index (χ4v) is 2.78. The van der Waals surface area contributed by atoms with Gasteiger partial charge in [-0.3, -0.25) is 9.25 Å². The van der Waals surface area contributed by atoms with E-state index in [0.717, 1.165) is 11.0 Å². The molecule has 0 saturated heterocycles. The molecule has 1 fully saturated rings. The SMILES string of the molecule is CCCc1nn(C)c2c1nc(N)n2C1(C(F)(F)F)CC1. The van der Waals surface area contributed by atoms with Gasteiger partial charge in [0.05, 0.1) is 5.69 Å². The minimum atomic E-state index is -4.33. The number of halogens is 3. The molecule has 2 aromatic rings. The van der Waals surface area contributed by atoms with Crippen LogP contribution in [0.1, 0.15) is 31.9 Å². The van der Waals surface area contributed by atoms with E-state index in [1.165, 1.54) is 4.68 Å². The van der Waals surface area contributed by atoms with E-state index in [1.807, 2.05) is 6.92 Å². The lowest BCUT2D eigenvalue weighted by molar-refractivity contribution is -0.178. The topological polar surface area (TPSA) is 61.7 Å². The number of fused-ring (bicyclic) bond motifs is 1. The highest BCUT2D eigenvalue weighted by Crippen LogP contribution is 2.57. The van der Waals surface area contributed by atoms with E-state index in [1.54, 1.807) is 7.05 Å². The van der Waals surface area contributed by atoms with E-state index in [9.17, 15) is 13.2 Å². The molecule has 3 rings (SSSR count). The lowest BCUT2D eigenvalue weighted by atomic mass is 10.2. The van der Waals surface area contributed by atoms with Crippen molar-refractivity contribution in [1.29, 1.82) is 0 Å². The summed E-state index contributed by atoms with van der Waals surface area (Å²) < 4.78 is 42.5. The Hall–Kier alpha value is -1.73. The second-order valence-electron chi connectivity index (χ2n) is 5.33. The third kappa shape index (κ3) is 1.56. The molecule has 8 heteroatoms. The van der Waals surface area contributed by atoms with Crippen molar-refractivity contribution in [3.8, 4) is 0 Å². The summed E-state index contributed by atoms with van der Waals surface area (Å²) in [6, 6.07) is 0. The molecular formula is C12H16F3N5. The van der Waals surface area contributed by atoms with E-state index < -0.39 is 11.7 Å². The van der Waals surface area contributed by atoms with Crippen LogP contribution in [0.3, 0.4) is 0 Å². The van der Waals surface area contributed by atoms with E-state index >= 15 is 0 Å². The smallest absolute Gasteiger partial charge is 0.369 e. The minimum absolute atomic E-state index is 0.0421. The molecule has 1 aliphatic carbocycles. The molecule has 5 nitrogen and oxygen atoms in total. The molecule has 2 heterocycles. The molecule has 0 radical (unpaired) electrons. The predicted octanol–water partition coefficient (Wildman–Crippen LogP) is 2.36. The molecule has 2 N–H and O–H groups in total. The fourth-order valence-electron chi connectivity index (χ4n) is 2.78. The zero-order chi connectivity index (χ0) is 14.7. The van der Waals surface area contributed by atoms with Crippen molar-refractivity contribution in [2.75, 3.05) is 5.73 Å². The summed E-state index contributed by atoms with van der Waals surface area (Å²) >= 11 is 0. The molecule has 0 aliphatic heterocycles. The molecule has 0 aromatic carbocycles. The number of imidazole rings is 1. The summed E-state index contributed by atoms with van der Waals surface area (Å²) in [4.78, 5) is 4.13. The van der Waals surface area contributed by atoms with Crippen LogP contribution in [0.5, 0.6) is 0 Å². The first-order chi connectivity index (χ1) is 9.32. The molecule has 0 unspecified atom stereocenters. The third-order valence-electron chi connectivity index (χ3n) is 3.90. The molecule has 0 spiro atoms. The Bertz CT molecular complexity index is 663. The molecule has 1 saturated carbocycles. The van der Waals surface area contributed by atoms with E-state index in [-0.39, 0.29) is 18.8 Å². The summed E-state index contributed by atoms with van der Waals surface area (Å²) in [6.07, 6.45) is -2.72. The van der Waals surface area contributed by atoms with Crippen LogP contribution in [0, 0.1) is 0 Å². The van der Waals surface area contributed by atoms with Gasteiger partial charge in [-0.15, -0.1) is 0 Å². The van der Waals surface area contributed by atoms with Crippen LogP contribution in [-0.2, 0) is 19.0 Å². The predicted molar refractivity (Wildman–Crippen MR) is 68.2 cm³/mol. The van der Waals surface area contributed by atoms with Gasteiger partial charge in [-0.25, -0.2) is 4.98 Å². The quantitative estimate of drug-likeness (QED) is 0.942. The molecule has 2 aromatic heterocycles. The van der Waals surface area contributed by atoms with Crippen LogP contribution < -0.4 is 5.73 Å². The van der Waals surface area contributed by atoms with Crippen molar-refractivity contribution >= 4 is 17.1 Å². The lowest BCUT2D eigenvalue weighted by Crippen LogP contribution is -2.36. The van der Waals surface area contributed by atoms with Crippen molar-refractivity contribution in [2.45, 2.75) is 44.3 Å². The van der Waals surface area contributed by atoms with Gasteiger partial charge in [0.1, 0.15) is 11.1 Å². The number of hydrogen-bond acceptors (Lipinski definition) is 3. The molecule has 0 amide bonds. The van der Waals surface area contributed by atoms with Crippen LogP contribution in [0.2, 0.25) is 0 Å². The van der Waals surface area contributed by atoms with Crippen LogP contribution in [0.25, 0.3) is 11.2 Å². The molecule has 110 valence electrons. The molecule has 0 atom stereocenters. The summed E-state index contributed by atoms with van der Waals surface area (Å²) in [7, 11) is 1.63. The first-order valence-electron chi connectivity index (χ1n) is 6.59. The van der Waals surface area contributed by atoms with Crippen molar-refractivity contribution in [1.82, 2.24) is 19.3 Å². The van der Waals surface area contributed by atoms with Crippen molar-refractivity contribution in [3.63, 3.8) is 0 Å². The van der Waals surface area contributed by atoms with Crippen molar-refractivity contribution < 1.29 is 13.2 Å². The Kier molecular flexibility index (Phi) is 2.58. The van der Waals surface area contributed by atoms with Gasteiger partial charge < -0.3 is 5.73 Å². The van der Waals surface area contributed by atoms with E-state index in [0.29, 0.717) is 23.3 Å². The molecule has 20 heavy (non-hydrogen) atoms. The average Bonchev–Trinajstić information content (AvgIpc) is 3.00. The second-order valence-corrected chi connectivity index (χ2v) is 5.33. The Morgan fingerprint density at radius 1 is 1.35 bits per heavy atom. The number of nitrogens with zero attached hydrogens (tertiary/aromatic N) is 4. The number of alkyl halides is 3. The van der Waals surface area contributed by atoms with Crippen molar-refractivity contribution in [3.05, 3.63) is 5.69 Å². The highest BCUT2D eigenvalue weighted by Gasteiger charge is 2.66. The Balaban J connectivity index is 2.25. The van der Waals surface area contributed by atoms with Gasteiger partial charge in [-0.2, -0.15) is 18.3 Å². The first-order valence-corrected chi connectivity index (χ1v) is 6.59. The van der Waals surface area contributed by atoms with E-state index in [2.05, 4.69) is 10.1 Å². The maximum Gasteiger partial charge on any atom is 0.412 e. The average molecular weight is 287 g/mol. The molecule has 1 aliphatic rings. The van der Waals surface area contributed by atoms with Crippen molar-refractivity contribution in [2.24, 2.45) is 7.05 Å². The highest BCUT2D eigenvalue weighted by molar-refractivity contribution is 5.78. The summed E-state index contributed by atoms with van der Waals surface area (Å²) in [5.41, 5.74) is 5.42. The maximum absolute atomic E-state index is 13.3. The number of rotatable bonds is 3. The van der Waals surface area contributed by atoms with Gasteiger partial charge in [0.15, 0.2) is 5.65 Å². The Morgan fingerprint density at radius 2 is 2.00 bits per heavy atom. The zero-order valence-corrected chi connectivity index (χ0v) is 11.3. The maximum atomic E-state index is 13.3. The number of aryl methyl sites for hydroxylation is 2. The van der Waals surface area contributed by atoms with E-state index in [4.69, 9.17) is 5.73 Å². The number of anilines is 1. The molecular weight excluding hydrogens is 271 g/mol. The normalized spacial score (nSPS) is 17.9. The fraction of sp³-hybridized carbons (Fsp3) is 0.667. The Labute approximate surface area is 113 Å². The lowest BCUT2D eigenvalue weighted by Gasteiger charge is -2.22. The monoisotopic (exact) mass is 287 g/mol. The number of aromatic nitrogens is 4. The van der Waals surface area contributed by atoms with Gasteiger partial charge in [0, 0.05) is 7.05 Å². The zero-order valence-electron chi connectivity index (χ0n) is 11.3. The number of nitrogen functional groups attached to an aromatic ring is 1. The largest absolute Gasteiger partial charge is 0.412 e. The second kappa shape index (κ2) is 3.89. The van der Waals surface area contributed by atoms with Crippen LogP contribution >= 0.6 is 0 Å². The number of hydrogen-bond donors (Lipinski definition) is 1. The van der Waals surface area contributed by atoms with Crippen LogP contribution in [-0.4, -0.2) is 25.5 Å². The van der Waals surface area contributed by atoms with Crippen LogP contribution in [0.4, 0.5) is 19.1 Å². The van der Waals surface area contributed by atoms with Gasteiger partial charge >= 0.3 is 6.18 Å². The van der Waals surface area contributed by atoms with Gasteiger partial charge in [-0.05, 0) is 19.3 Å². The third-order valence-corrected chi connectivity index (χ3v) is 3.90. The Morgan fingerprint density at radius 3 is 2.50 bits per heavy atom. The van der Waals surface area contributed by atoms with Crippen LogP contribution in [0.15, 0.2) is 0 Å². The summed E-state index contributed by atoms with van der Waals surface area (Å²) in [5, 5.41) is 4.28. The van der Waals surface area contributed by atoms with Gasteiger partial charge in [-0.1, -0.05) is 13.3 Å². The first kappa shape index (κ1) is 13.3. The summed E-state index contributed by atoms with van der Waals surface area (Å²) in [5.74, 6) is -0.0832. The molecule has 0 bridgehead atoms. The standard InChI is InChI=1S/C12H16F3N5/c1-3-4-7-8-9(19(2)18-7)20(10(16)17-8)11(5-6-11)12(13,14)15/h3-6H2,1-2H3,(H2,16,17). The van der Waals surface area contributed by atoms with Gasteiger partial charge in [0.2, 0.25) is 5.95 Å². The highest BCUT2D eigenvalue weighted by atomic mass is 19.4. The minimum Gasteiger partial charge on any atom is -0.369 e. The number of nitrogens with two attached hydrogens (primary N) is 1.